The molecule has 0 spiro atoms. The molecule has 0 aliphatic heterocycles. The number of pyridine rings is 1. The molecule has 0 saturated heterocycles. The van der Waals surface area contributed by atoms with Crippen molar-refractivity contribution in [2.45, 2.75) is 26.8 Å². The molecule has 3 nitrogen and oxygen atoms in total. The normalized spacial score (nSPS) is 12.8. The average molecular weight is 220 g/mol. The van der Waals surface area contributed by atoms with Gasteiger partial charge >= 0.3 is 0 Å². The molecule has 88 valence electrons. The van der Waals surface area contributed by atoms with Crippen LogP contribution < -0.4 is 0 Å². The van der Waals surface area contributed by atoms with E-state index in [9.17, 15) is 4.79 Å². The molecule has 0 radical (unpaired) electrons. The first-order valence-corrected chi connectivity index (χ1v) is 5.74. The molecule has 0 bridgehead atoms. The summed E-state index contributed by atoms with van der Waals surface area (Å²) in [5.41, 5.74) is 1.00. The van der Waals surface area contributed by atoms with Gasteiger partial charge in [-0.15, -0.1) is 0 Å². The summed E-state index contributed by atoms with van der Waals surface area (Å²) >= 11 is 0. The molecule has 0 aliphatic rings. The molecule has 1 aromatic rings. The first kappa shape index (κ1) is 12.8. The van der Waals surface area contributed by atoms with Gasteiger partial charge in [0.25, 0.3) is 0 Å². The van der Waals surface area contributed by atoms with Gasteiger partial charge < -0.3 is 0 Å². The Labute approximate surface area is 97.5 Å². The Balaban J connectivity index is 2.42. The van der Waals surface area contributed by atoms with Gasteiger partial charge in [0, 0.05) is 18.7 Å². The van der Waals surface area contributed by atoms with Gasteiger partial charge in [-0.3, -0.25) is 14.7 Å². The molecule has 1 heterocycles. The maximum absolute atomic E-state index is 11.7. The summed E-state index contributed by atoms with van der Waals surface area (Å²) in [6.07, 6.45) is 2.69. The number of ketones is 1. The van der Waals surface area contributed by atoms with Gasteiger partial charge in [-0.1, -0.05) is 19.9 Å². The lowest BCUT2D eigenvalue weighted by molar-refractivity contribution is -0.123. The predicted molar refractivity (Wildman–Crippen MR) is 65.0 cm³/mol. The maximum Gasteiger partial charge on any atom is 0.149 e. The molecule has 1 unspecified atom stereocenters. The van der Waals surface area contributed by atoms with Crippen molar-refractivity contribution in [1.82, 2.24) is 9.88 Å². The third kappa shape index (κ3) is 4.11. The Morgan fingerprint density at radius 2 is 2.25 bits per heavy atom. The zero-order chi connectivity index (χ0) is 12.0. The fourth-order valence-corrected chi connectivity index (χ4v) is 1.47. The highest BCUT2D eigenvalue weighted by Crippen LogP contribution is 2.05. The molecule has 1 aromatic heterocycles. The number of Topliss-reactive ketones (excluding diaryl/α,β-unsaturated/α-hetero) is 1. The number of aromatic nitrogens is 1. The van der Waals surface area contributed by atoms with E-state index in [1.54, 1.807) is 6.20 Å². The van der Waals surface area contributed by atoms with Crippen LogP contribution in [-0.4, -0.2) is 29.3 Å². The van der Waals surface area contributed by atoms with Crippen molar-refractivity contribution < 1.29 is 4.79 Å². The van der Waals surface area contributed by atoms with E-state index in [1.807, 2.05) is 44.0 Å². The Kier molecular flexibility index (Phi) is 5.12. The van der Waals surface area contributed by atoms with Crippen LogP contribution in [0.3, 0.4) is 0 Å². The molecule has 0 saturated carbocycles. The lowest BCUT2D eigenvalue weighted by Crippen LogP contribution is -2.29. The fourth-order valence-electron chi connectivity index (χ4n) is 1.47. The van der Waals surface area contributed by atoms with Crippen molar-refractivity contribution >= 4 is 5.78 Å². The average Bonchev–Trinajstić information content (AvgIpc) is 2.29. The minimum Gasteiger partial charge on any atom is -0.298 e. The lowest BCUT2D eigenvalue weighted by Gasteiger charge is -2.17. The summed E-state index contributed by atoms with van der Waals surface area (Å²) < 4.78 is 0. The molecule has 3 heteroatoms. The van der Waals surface area contributed by atoms with Crippen LogP contribution in [0.1, 0.15) is 26.0 Å². The van der Waals surface area contributed by atoms with Gasteiger partial charge in [-0.25, -0.2) is 0 Å². The third-order valence-corrected chi connectivity index (χ3v) is 2.75. The van der Waals surface area contributed by atoms with Crippen molar-refractivity contribution in [3.8, 4) is 0 Å². The molecule has 0 aliphatic carbocycles. The number of nitrogens with zero attached hydrogens (tertiary/aromatic N) is 2. The first-order chi connectivity index (χ1) is 7.63. The summed E-state index contributed by atoms with van der Waals surface area (Å²) in [6, 6.07) is 5.84. The summed E-state index contributed by atoms with van der Waals surface area (Å²) in [6.45, 7) is 5.26. The first-order valence-electron chi connectivity index (χ1n) is 5.74. The molecular weight excluding hydrogens is 200 g/mol. The molecular formula is C13H20N2O. The minimum absolute atomic E-state index is 0.159. The molecule has 0 fully saturated rings. The van der Waals surface area contributed by atoms with E-state index in [0.717, 1.165) is 18.7 Å². The van der Waals surface area contributed by atoms with Crippen molar-refractivity contribution in [2.75, 3.05) is 13.6 Å². The van der Waals surface area contributed by atoms with Gasteiger partial charge in [0.05, 0.1) is 12.2 Å². The van der Waals surface area contributed by atoms with Crippen LogP contribution >= 0.6 is 0 Å². The van der Waals surface area contributed by atoms with Crippen molar-refractivity contribution in [3.63, 3.8) is 0 Å². The van der Waals surface area contributed by atoms with Crippen molar-refractivity contribution in [3.05, 3.63) is 30.1 Å². The topological polar surface area (TPSA) is 33.2 Å². The second-order valence-electron chi connectivity index (χ2n) is 4.27. The molecule has 16 heavy (non-hydrogen) atoms. The van der Waals surface area contributed by atoms with Crippen molar-refractivity contribution in [2.24, 2.45) is 5.92 Å². The monoisotopic (exact) mass is 220 g/mol. The van der Waals surface area contributed by atoms with Crippen LogP contribution in [0.5, 0.6) is 0 Å². The summed E-state index contributed by atoms with van der Waals surface area (Å²) in [7, 11) is 1.95. The lowest BCUT2D eigenvalue weighted by atomic mass is 10.0. The largest absolute Gasteiger partial charge is 0.298 e. The van der Waals surface area contributed by atoms with Crippen LogP contribution in [0.2, 0.25) is 0 Å². The van der Waals surface area contributed by atoms with E-state index in [0.29, 0.717) is 12.3 Å². The van der Waals surface area contributed by atoms with E-state index in [2.05, 4.69) is 4.98 Å². The number of carbonyl (C=O) groups is 1. The van der Waals surface area contributed by atoms with Crippen molar-refractivity contribution in [1.29, 1.82) is 0 Å². The number of hydrogen-bond donors (Lipinski definition) is 0. The maximum atomic E-state index is 11.7. The summed E-state index contributed by atoms with van der Waals surface area (Å²) in [5.74, 6) is 0.465. The van der Waals surface area contributed by atoms with Crippen LogP contribution in [0, 0.1) is 5.92 Å². The number of likely N-dealkylation sites (N-methyl/N-ethyl adjacent to an activating group) is 1. The standard InChI is InChI=1S/C13H20N2O/c1-4-11(2)13(16)10-15(3)9-12-7-5-6-8-14-12/h5-8,11H,4,9-10H2,1-3H3. The highest BCUT2D eigenvalue weighted by atomic mass is 16.1. The molecule has 1 atom stereocenters. The number of carbonyl (C=O) groups excluding carboxylic acids is 1. The molecule has 0 amide bonds. The highest BCUT2D eigenvalue weighted by molar-refractivity contribution is 5.82. The smallest absolute Gasteiger partial charge is 0.149 e. The Morgan fingerprint density at radius 3 is 2.81 bits per heavy atom. The summed E-state index contributed by atoms with van der Waals surface area (Å²) in [4.78, 5) is 18.0. The second kappa shape index (κ2) is 6.38. The van der Waals surface area contributed by atoms with Crippen LogP contribution in [-0.2, 0) is 11.3 Å². The Morgan fingerprint density at radius 1 is 1.50 bits per heavy atom. The third-order valence-electron chi connectivity index (χ3n) is 2.75. The second-order valence-corrected chi connectivity index (χ2v) is 4.27. The van der Waals surface area contributed by atoms with E-state index in [4.69, 9.17) is 0 Å². The highest BCUT2D eigenvalue weighted by Gasteiger charge is 2.13. The molecule has 1 rings (SSSR count). The zero-order valence-electron chi connectivity index (χ0n) is 10.3. The number of rotatable bonds is 6. The zero-order valence-corrected chi connectivity index (χ0v) is 10.3. The van der Waals surface area contributed by atoms with Gasteiger partial charge in [0.15, 0.2) is 0 Å². The molecule has 0 N–H and O–H groups in total. The molecule has 0 aromatic carbocycles. The summed E-state index contributed by atoms with van der Waals surface area (Å²) in [5, 5.41) is 0. The SMILES string of the molecule is CCC(C)C(=O)CN(C)Cc1ccccn1. The Hall–Kier alpha value is -1.22. The van der Waals surface area contributed by atoms with Gasteiger partial charge in [-0.05, 0) is 25.6 Å². The fraction of sp³-hybridized carbons (Fsp3) is 0.538. The van der Waals surface area contributed by atoms with Crippen LogP contribution in [0.25, 0.3) is 0 Å². The van der Waals surface area contributed by atoms with E-state index in [1.165, 1.54) is 0 Å². The van der Waals surface area contributed by atoms with Gasteiger partial charge in [0.2, 0.25) is 0 Å². The number of hydrogen-bond acceptors (Lipinski definition) is 3. The minimum atomic E-state index is 0.159. The van der Waals surface area contributed by atoms with E-state index >= 15 is 0 Å². The van der Waals surface area contributed by atoms with E-state index in [-0.39, 0.29) is 5.92 Å². The van der Waals surface area contributed by atoms with Crippen LogP contribution in [0.15, 0.2) is 24.4 Å². The predicted octanol–water partition coefficient (Wildman–Crippen LogP) is 2.13. The van der Waals surface area contributed by atoms with Gasteiger partial charge in [-0.2, -0.15) is 0 Å². The Bertz CT molecular complexity index is 324. The van der Waals surface area contributed by atoms with Gasteiger partial charge in [0.1, 0.15) is 5.78 Å². The quantitative estimate of drug-likeness (QED) is 0.736. The van der Waals surface area contributed by atoms with E-state index < -0.39 is 0 Å². The van der Waals surface area contributed by atoms with Crippen LogP contribution in [0.4, 0.5) is 0 Å².